The maximum absolute atomic E-state index is 12.3. The van der Waals surface area contributed by atoms with Gasteiger partial charge in [0, 0.05) is 11.7 Å². The van der Waals surface area contributed by atoms with Crippen LogP contribution in [0.1, 0.15) is 56.7 Å². The largest absolute Gasteiger partial charge is 0.370 e. The zero-order valence-corrected chi connectivity index (χ0v) is 21.2. The Labute approximate surface area is 197 Å². The number of aliphatic imine (C=N–C) groups is 1. The number of nitrogens with one attached hydrogen (secondary N) is 2. The van der Waals surface area contributed by atoms with Crippen molar-refractivity contribution in [1.82, 2.24) is 4.72 Å². The molecule has 4 N–H and O–H groups in total. The fraction of sp³-hybridized carbons (Fsp3) is 0.409. The highest BCUT2D eigenvalue weighted by Gasteiger charge is 2.15. The van der Waals surface area contributed by atoms with Crippen LogP contribution in [0.3, 0.4) is 0 Å². The number of halogens is 1. The van der Waals surface area contributed by atoms with E-state index in [1.54, 1.807) is 13.8 Å². The molecule has 2 rings (SSSR count). The predicted molar refractivity (Wildman–Crippen MR) is 137 cm³/mol. The maximum atomic E-state index is 12.3. The Kier molecular flexibility index (Phi) is 10.8. The standard InChI is InChI=1S/C22H32N4O2S.HI/c1-5-17(4)18-10-12-21(13-11-18)25-22(23)24-14-19-8-6-7-9-20(19)15-29(27,28)26-16(2)3;/h6-13,16-17,26H,5,14-15H2,1-4H3,(H3,23,24,25);1H. The summed E-state index contributed by atoms with van der Waals surface area (Å²) in [7, 11) is -3.40. The van der Waals surface area contributed by atoms with Gasteiger partial charge in [0.25, 0.3) is 0 Å². The van der Waals surface area contributed by atoms with Gasteiger partial charge < -0.3 is 11.1 Å². The zero-order chi connectivity index (χ0) is 21.4. The summed E-state index contributed by atoms with van der Waals surface area (Å²) in [6.45, 7) is 8.28. The number of rotatable bonds is 9. The van der Waals surface area contributed by atoms with E-state index in [2.05, 4.69) is 41.0 Å². The van der Waals surface area contributed by atoms with Crippen molar-refractivity contribution in [2.75, 3.05) is 5.32 Å². The average molecular weight is 545 g/mol. The van der Waals surface area contributed by atoms with E-state index in [-0.39, 0.29) is 35.8 Å². The Hall–Kier alpha value is -1.65. The predicted octanol–water partition coefficient (Wildman–Crippen LogP) is 4.57. The Morgan fingerprint density at radius 1 is 1.03 bits per heavy atom. The molecule has 2 aromatic carbocycles. The number of hydrogen-bond acceptors (Lipinski definition) is 3. The molecule has 0 radical (unpaired) electrons. The Morgan fingerprint density at radius 2 is 1.63 bits per heavy atom. The van der Waals surface area contributed by atoms with Gasteiger partial charge in [-0.1, -0.05) is 50.2 Å². The first-order chi connectivity index (χ1) is 13.7. The van der Waals surface area contributed by atoms with E-state index < -0.39 is 10.0 Å². The third-order valence-electron chi connectivity index (χ3n) is 4.66. The first kappa shape index (κ1) is 26.4. The molecule has 0 aliphatic rings. The van der Waals surface area contributed by atoms with Crippen molar-refractivity contribution in [3.63, 3.8) is 0 Å². The molecule has 0 amide bonds. The van der Waals surface area contributed by atoms with Crippen molar-refractivity contribution in [2.24, 2.45) is 10.7 Å². The first-order valence-corrected chi connectivity index (χ1v) is 11.6. The molecule has 0 spiro atoms. The van der Waals surface area contributed by atoms with Crippen LogP contribution in [0, 0.1) is 0 Å². The van der Waals surface area contributed by atoms with Gasteiger partial charge >= 0.3 is 0 Å². The van der Waals surface area contributed by atoms with E-state index in [0.29, 0.717) is 18.4 Å². The fourth-order valence-electron chi connectivity index (χ4n) is 2.95. The lowest BCUT2D eigenvalue weighted by Gasteiger charge is -2.12. The minimum Gasteiger partial charge on any atom is -0.370 e. The van der Waals surface area contributed by atoms with Gasteiger partial charge in [-0.2, -0.15) is 0 Å². The van der Waals surface area contributed by atoms with Crippen LogP contribution < -0.4 is 15.8 Å². The lowest BCUT2D eigenvalue weighted by molar-refractivity contribution is 0.569. The summed E-state index contributed by atoms with van der Waals surface area (Å²) in [5.41, 5.74) is 9.74. The van der Waals surface area contributed by atoms with Crippen LogP contribution in [0.15, 0.2) is 53.5 Å². The summed E-state index contributed by atoms with van der Waals surface area (Å²) in [5, 5.41) is 3.09. The van der Waals surface area contributed by atoms with E-state index in [9.17, 15) is 8.42 Å². The lowest BCUT2D eigenvalue weighted by Crippen LogP contribution is -2.31. The van der Waals surface area contributed by atoms with E-state index >= 15 is 0 Å². The normalized spacial score (nSPS) is 13.0. The van der Waals surface area contributed by atoms with Crippen LogP contribution in [0.2, 0.25) is 0 Å². The minimum absolute atomic E-state index is 0. The summed E-state index contributed by atoms with van der Waals surface area (Å²) in [6, 6.07) is 15.4. The second kappa shape index (κ2) is 12.3. The Balaban J connectivity index is 0.00000450. The lowest BCUT2D eigenvalue weighted by atomic mass is 9.99. The summed E-state index contributed by atoms with van der Waals surface area (Å²) < 4.78 is 27.1. The van der Waals surface area contributed by atoms with Gasteiger partial charge in [0.05, 0.1) is 12.3 Å². The van der Waals surface area contributed by atoms with Crippen LogP contribution >= 0.6 is 24.0 Å². The maximum Gasteiger partial charge on any atom is 0.216 e. The molecule has 166 valence electrons. The molecule has 2 aromatic rings. The average Bonchev–Trinajstić information content (AvgIpc) is 2.66. The zero-order valence-electron chi connectivity index (χ0n) is 18.1. The molecular weight excluding hydrogens is 511 g/mol. The Morgan fingerprint density at radius 3 is 2.20 bits per heavy atom. The van der Waals surface area contributed by atoms with Crippen LogP contribution in [-0.2, 0) is 22.3 Å². The highest BCUT2D eigenvalue weighted by molar-refractivity contribution is 14.0. The SMILES string of the molecule is CCC(C)c1ccc(NC(N)=NCc2ccccc2CS(=O)(=O)NC(C)C)cc1.I. The minimum atomic E-state index is -3.40. The van der Waals surface area contributed by atoms with E-state index in [4.69, 9.17) is 5.73 Å². The number of anilines is 1. The highest BCUT2D eigenvalue weighted by atomic mass is 127. The topological polar surface area (TPSA) is 96.6 Å². The number of benzene rings is 2. The smallest absolute Gasteiger partial charge is 0.216 e. The van der Waals surface area contributed by atoms with Crippen molar-refractivity contribution >= 4 is 45.6 Å². The van der Waals surface area contributed by atoms with Gasteiger partial charge in [-0.25, -0.2) is 18.1 Å². The van der Waals surface area contributed by atoms with E-state index in [1.165, 1.54) is 5.56 Å². The molecule has 0 bridgehead atoms. The van der Waals surface area contributed by atoms with Crippen molar-refractivity contribution in [1.29, 1.82) is 0 Å². The summed E-state index contributed by atoms with van der Waals surface area (Å²) in [6.07, 6.45) is 1.10. The monoisotopic (exact) mass is 544 g/mol. The number of guanidine groups is 1. The van der Waals surface area contributed by atoms with Gasteiger partial charge in [0.1, 0.15) is 0 Å². The number of nitrogens with zero attached hydrogens (tertiary/aromatic N) is 1. The number of nitrogens with two attached hydrogens (primary N) is 1. The van der Waals surface area contributed by atoms with Crippen molar-refractivity contribution < 1.29 is 8.42 Å². The molecule has 0 saturated carbocycles. The fourth-order valence-corrected chi connectivity index (χ4v) is 4.44. The quantitative estimate of drug-likeness (QED) is 0.245. The third-order valence-corrected chi connectivity index (χ3v) is 6.18. The molecule has 6 nitrogen and oxygen atoms in total. The van der Waals surface area contributed by atoms with Crippen molar-refractivity contribution in [3.8, 4) is 0 Å². The van der Waals surface area contributed by atoms with Gasteiger partial charge in [-0.3, -0.25) is 0 Å². The molecule has 0 heterocycles. The number of sulfonamides is 1. The molecular formula is C22H33IN4O2S. The summed E-state index contributed by atoms with van der Waals surface area (Å²) in [4.78, 5) is 4.38. The third kappa shape index (κ3) is 8.61. The van der Waals surface area contributed by atoms with Gasteiger partial charge in [-0.15, -0.1) is 24.0 Å². The Bertz CT molecular complexity index is 928. The van der Waals surface area contributed by atoms with Crippen LogP contribution in [-0.4, -0.2) is 20.4 Å². The van der Waals surface area contributed by atoms with Crippen LogP contribution in [0.25, 0.3) is 0 Å². The molecule has 0 aliphatic heterocycles. The summed E-state index contributed by atoms with van der Waals surface area (Å²) >= 11 is 0. The van der Waals surface area contributed by atoms with Gasteiger partial charge in [0.15, 0.2) is 5.96 Å². The first-order valence-electron chi connectivity index (χ1n) is 9.94. The molecule has 1 atom stereocenters. The van der Waals surface area contributed by atoms with Gasteiger partial charge in [-0.05, 0) is 55.0 Å². The highest BCUT2D eigenvalue weighted by Crippen LogP contribution is 2.20. The molecule has 0 fully saturated rings. The summed E-state index contributed by atoms with van der Waals surface area (Å²) in [5.74, 6) is 0.730. The van der Waals surface area contributed by atoms with E-state index in [0.717, 1.165) is 23.2 Å². The number of hydrogen-bond donors (Lipinski definition) is 3. The van der Waals surface area contributed by atoms with Crippen molar-refractivity contribution in [2.45, 2.75) is 58.4 Å². The molecule has 0 aromatic heterocycles. The van der Waals surface area contributed by atoms with Crippen LogP contribution in [0.4, 0.5) is 5.69 Å². The molecule has 8 heteroatoms. The second-order valence-electron chi connectivity index (χ2n) is 7.56. The van der Waals surface area contributed by atoms with E-state index in [1.807, 2.05) is 36.4 Å². The van der Waals surface area contributed by atoms with Crippen molar-refractivity contribution in [3.05, 3.63) is 65.2 Å². The molecule has 0 saturated heterocycles. The molecule has 30 heavy (non-hydrogen) atoms. The van der Waals surface area contributed by atoms with Crippen LogP contribution in [0.5, 0.6) is 0 Å². The molecule has 0 aliphatic carbocycles. The van der Waals surface area contributed by atoms with Gasteiger partial charge in [0.2, 0.25) is 10.0 Å². The molecule has 1 unspecified atom stereocenters. The second-order valence-corrected chi connectivity index (χ2v) is 9.31.